The minimum atomic E-state index is -1.05. The van der Waals surface area contributed by atoms with Gasteiger partial charge in [0, 0.05) is 49.7 Å². The molecule has 2 saturated heterocycles. The molecule has 2 heterocycles. The molecule has 12 nitrogen and oxygen atoms in total. The van der Waals surface area contributed by atoms with E-state index in [1.807, 2.05) is 20.8 Å². The van der Waals surface area contributed by atoms with Crippen molar-refractivity contribution < 1.29 is 24.0 Å². The van der Waals surface area contributed by atoms with Gasteiger partial charge in [-0.25, -0.2) is 4.79 Å². The second-order valence-electron chi connectivity index (χ2n) is 20.0. The molecule has 3 spiro atoms. The first-order valence-corrected chi connectivity index (χ1v) is 21.0. The van der Waals surface area contributed by atoms with E-state index in [-0.39, 0.29) is 45.7 Å². The number of piperazine rings is 1. The van der Waals surface area contributed by atoms with Gasteiger partial charge in [0.1, 0.15) is 12.1 Å². The van der Waals surface area contributed by atoms with Crippen LogP contribution in [0.3, 0.4) is 0 Å². The van der Waals surface area contributed by atoms with Gasteiger partial charge < -0.3 is 31.9 Å². The maximum absolute atomic E-state index is 15.0. The standard InChI is InChI=1S/C41H67N7O5/c1-37(2,3)32(46-36(53)45-29(27-13-7-6-8-14-27)23-47-20-19-43-39(24-47)17-18-39)35(52)48-25-41(38(4,5)40(41)15-10-16-40)22-30(48)34(51)44-28(31(49)33(42)50)21-26-11-9-12-26/h26-30,32,43H,6-25H2,1-5H3,(H2,42,50)(H,44,51)(H2,45,46,53)/t28?,29?,30?,32-,41?/m0/s1. The zero-order valence-corrected chi connectivity index (χ0v) is 33.1. The highest BCUT2D eigenvalue weighted by Gasteiger charge is 2.85. The molecule has 0 bridgehead atoms. The van der Waals surface area contributed by atoms with E-state index in [1.54, 1.807) is 4.90 Å². The third-order valence-corrected chi connectivity index (χ3v) is 15.8. The summed E-state index contributed by atoms with van der Waals surface area (Å²) in [7, 11) is 0. The van der Waals surface area contributed by atoms with Crippen LogP contribution in [0.5, 0.6) is 0 Å². The van der Waals surface area contributed by atoms with Crippen LogP contribution in [0.4, 0.5) is 4.79 Å². The summed E-state index contributed by atoms with van der Waals surface area (Å²) in [5, 5.41) is 13.1. The van der Waals surface area contributed by atoms with Crippen molar-refractivity contribution in [2.45, 2.75) is 161 Å². The third-order valence-electron chi connectivity index (χ3n) is 15.8. The highest BCUT2D eigenvalue weighted by Crippen LogP contribution is 2.88. The quantitative estimate of drug-likeness (QED) is 0.191. The maximum atomic E-state index is 15.0. The number of hydrogen-bond acceptors (Lipinski definition) is 7. The molecule has 4 unspecified atom stereocenters. The van der Waals surface area contributed by atoms with E-state index >= 15 is 0 Å². The van der Waals surface area contributed by atoms with Crippen molar-refractivity contribution in [2.75, 3.05) is 32.7 Å². The highest BCUT2D eigenvalue weighted by atomic mass is 16.2. The number of rotatable bonds is 12. The second kappa shape index (κ2) is 14.1. The summed E-state index contributed by atoms with van der Waals surface area (Å²) in [4.78, 5) is 72.7. The van der Waals surface area contributed by atoms with Crippen molar-refractivity contribution in [2.24, 2.45) is 39.2 Å². The number of ketones is 1. The molecule has 12 heteroatoms. The number of fused-ring (bicyclic) bond motifs is 1. The summed E-state index contributed by atoms with van der Waals surface area (Å²) < 4.78 is 0. The number of Topliss-reactive ketones (excluding diaryl/α,β-unsaturated/α-hetero) is 1. The number of amides is 5. The van der Waals surface area contributed by atoms with Crippen LogP contribution in [-0.2, 0) is 19.2 Å². The average Bonchev–Trinajstić information content (AvgIpc) is 3.81. The van der Waals surface area contributed by atoms with E-state index in [4.69, 9.17) is 5.73 Å². The smallest absolute Gasteiger partial charge is 0.315 e. The molecule has 5 atom stereocenters. The molecule has 7 aliphatic rings. The molecule has 0 aromatic carbocycles. The lowest BCUT2D eigenvalue weighted by Crippen LogP contribution is -2.62. The lowest BCUT2D eigenvalue weighted by atomic mass is 9.73. The molecule has 2 aliphatic heterocycles. The predicted molar refractivity (Wildman–Crippen MR) is 202 cm³/mol. The van der Waals surface area contributed by atoms with Gasteiger partial charge in [0.2, 0.25) is 17.6 Å². The predicted octanol–water partition coefficient (Wildman–Crippen LogP) is 3.61. The van der Waals surface area contributed by atoms with E-state index in [1.165, 1.54) is 32.1 Å². The molecule has 7 rings (SSSR count). The van der Waals surface area contributed by atoms with Crippen LogP contribution >= 0.6 is 0 Å². The Bertz CT molecular complexity index is 1460. The molecule has 7 fully saturated rings. The molecule has 0 aromatic rings. The molecule has 6 N–H and O–H groups in total. The third kappa shape index (κ3) is 7.02. The number of nitrogens with two attached hydrogens (primary N) is 1. The van der Waals surface area contributed by atoms with Crippen LogP contribution in [0.2, 0.25) is 0 Å². The van der Waals surface area contributed by atoms with Gasteiger partial charge in [-0.05, 0) is 79.4 Å². The highest BCUT2D eigenvalue weighted by molar-refractivity contribution is 6.37. The summed E-state index contributed by atoms with van der Waals surface area (Å²) in [6, 6.07) is -3.07. The molecular formula is C41H67N7O5. The molecule has 53 heavy (non-hydrogen) atoms. The molecule has 0 aromatic heterocycles. The fourth-order valence-electron chi connectivity index (χ4n) is 11.8. The summed E-state index contributed by atoms with van der Waals surface area (Å²) in [6.45, 7) is 14.6. The number of urea groups is 1. The van der Waals surface area contributed by atoms with E-state index < -0.39 is 41.1 Å². The topological polar surface area (TPSA) is 166 Å². The second-order valence-corrected chi connectivity index (χ2v) is 20.0. The minimum Gasteiger partial charge on any atom is -0.363 e. The maximum Gasteiger partial charge on any atom is 0.315 e. The van der Waals surface area contributed by atoms with Crippen LogP contribution in [0, 0.1) is 33.5 Å². The largest absolute Gasteiger partial charge is 0.363 e. The first kappa shape index (κ1) is 38.5. The summed E-state index contributed by atoms with van der Waals surface area (Å²) in [6.07, 6.45) is 15.3. The molecule has 0 radical (unpaired) electrons. The van der Waals surface area contributed by atoms with Crippen molar-refractivity contribution >= 4 is 29.5 Å². The fraction of sp³-hybridized carbons (Fsp3) is 0.878. The first-order valence-electron chi connectivity index (χ1n) is 21.0. The van der Waals surface area contributed by atoms with E-state index in [0.29, 0.717) is 25.3 Å². The summed E-state index contributed by atoms with van der Waals surface area (Å²) in [5.74, 6) is -1.88. The monoisotopic (exact) mass is 738 g/mol. The van der Waals surface area contributed by atoms with Gasteiger partial charge in [-0.3, -0.25) is 24.1 Å². The van der Waals surface area contributed by atoms with E-state index in [0.717, 1.165) is 77.5 Å². The van der Waals surface area contributed by atoms with Gasteiger partial charge in [-0.1, -0.05) is 79.6 Å². The molecule has 296 valence electrons. The Hall–Kier alpha value is -2.73. The van der Waals surface area contributed by atoms with Gasteiger partial charge in [0.15, 0.2) is 0 Å². The Morgan fingerprint density at radius 1 is 0.849 bits per heavy atom. The number of nitrogens with zero attached hydrogens (tertiary/aromatic N) is 2. The first-order chi connectivity index (χ1) is 25.0. The zero-order chi connectivity index (χ0) is 38.0. The molecule has 5 saturated carbocycles. The number of carbonyl (C=O) groups is 5. The Kier molecular flexibility index (Phi) is 10.2. The number of hydrogen-bond donors (Lipinski definition) is 5. The Labute approximate surface area is 316 Å². The van der Waals surface area contributed by atoms with Crippen LogP contribution in [-0.4, -0.2) is 102 Å². The lowest BCUT2D eigenvalue weighted by Gasteiger charge is -2.40. The molecular weight excluding hydrogens is 670 g/mol. The normalized spacial score (nSPS) is 30.5. The van der Waals surface area contributed by atoms with E-state index in [9.17, 15) is 24.0 Å². The van der Waals surface area contributed by atoms with Crippen molar-refractivity contribution in [3.63, 3.8) is 0 Å². The zero-order valence-electron chi connectivity index (χ0n) is 33.1. The van der Waals surface area contributed by atoms with Crippen LogP contribution in [0.15, 0.2) is 0 Å². The summed E-state index contributed by atoms with van der Waals surface area (Å²) in [5.41, 5.74) is 4.83. The van der Waals surface area contributed by atoms with Crippen LogP contribution < -0.4 is 27.0 Å². The van der Waals surface area contributed by atoms with Crippen molar-refractivity contribution in [3.05, 3.63) is 0 Å². The molecule has 5 amide bonds. The van der Waals surface area contributed by atoms with Gasteiger partial charge >= 0.3 is 6.03 Å². The molecule has 5 aliphatic carbocycles. The van der Waals surface area contributed by atoms with Gasteiger partial charge in [-0.15, -0.1) is 0 Å². The van der Waals surface area contributed by atoms with Crippen molar-refractivity contribution in [1.82, 2.24) is 31.1 Å². The van der Waals surface area contributed by atoms with Gasteiger partial charge in [-0.2, -0.15) is 0 Å². The number of nitrogens with one attached hydrogen (secondary N) is 4. The number of carbonyl (C=O) groups excluding carboxylic acids is 5. The number of likely N-dealkylation sites (tertiary alicyclic amines) is 1. The Morgan fingerprint density at radius 2 is 1.55 bits per heavy atom. The fourth-order valence-corrected chi connectivity index (χ4v) is 11.8. The Morgan fingerprint density at radius 3 is 2.09 bits per heavy atom. The number of primary amides is 1. The van der Waals surface area contributed by atoms with Gasteiger partial charge in [0.25, 0.3) is 5.91 Å². The Balaban J connectivity index is 1.10. The lowest BCUT2D eigenvalue weighted by molar-refractivity contribution is -0.143. The minimum absolute atomic E-state index is 0.0189. The van der Waals surface area contributed by atoms with Gasteiger partial charge in [0.05, 0.1) is 6.04 Å². The average molecular weight is 738 g/mol. The van der Waals surface area contributed by atoms with Crippen molar-refractivity contribution in [3.8, 4) is 0 Å². The summed E-state index contributed by atoms with van der Waals surface area (Å²) >= 11 is 0. The van der Waals surface area contributed by atoms with Crippen LogP contribution in [0.25, 0.3) is 0 Å². The van der Waals surface area contributed by atoms with E-state index in [2.05, 4.69) is 40.0 Å². The van der Waals surface area contributed by atoms with Crippen LogP contribution in [0.1, 0.15) is 131 Å². The SMILES string of the molecule is CC(C)(C)[C@@H](NC(=O)NC(CN1CCNC2(CC2)C1)C1CCCCC1)C(=O)N1CC2(CC1C(=O)NC(CC1CCC1)C(=O)C(N)=O)C(C)(C)C21CCC1. The van der Waals surface area contributed by atoms with Crippen molar-refractivity contribution in [1.29, 1.82) is 0 Å².